The Morgan fingerprint density at radius 2 is 1.84 bits per heavy atom. The van der Waals surface area contributed by atoms with Gasteiger partial charge in [-0.25, -0.2) is 0 Å². The molecule has 25 heavy (non-hydrogen) atoms. The van der Waals surface area contributed by atoms with Crippen LogP contribution in [0, 0.1) is 13.8 Å². The molecule has 2 aromatic carbocycles. The number of nitrogens with zero attached hydrogens (tertiary/aromatic N) is 5. The third-order valence-electron chi connectivity index (χ3n) is 4.48. The van der Waals surface area contributed by atoms with Crippen LogP contribution in [-0.4, -0.2) is 32.7 Å². The molecule has 1 amide bonds. The van der Waals surface area contributed by atoms with E-state index in [0.29, 0.717) is 12.4 Å². The molecule has 0 bridgehead atoms. The van der Waals surface area contributed by atoms with Gasteiger partial charge in [0.25, 0.3) is 5.91 Å². The number of rotatable bonds is 3. The number of amides is 1. The monoisotopic (exact) mass is 333 g/mol. The van der Waals surface area contributed by atoms with E-state index in [-0.39, 0.29) is 12.5 Å². The Morgan fingerprint density at radius 3 is 2.64 bits per heavy atom. The molecule has 1 aromatic heterocycles. The summed E-state index contributed by atoms with van der Waals surface area (Å²) in [6.07, 6.45) is 0.890. The molecule has 0 unspecified atom stereocenters. The van der Waals surface area contributed by atoms with E-state index < -0.39 is 0 Å². The van der Waals surface area contributed by atoms with Gasteiger partial charge in [0, 0.05) is 17.8 Å². The molecule has 0 saturated carbocycles. The third-order valence-corrected chi connectivity index (χ3v) is 4.48. The lowest BCUT2D eigenvalue weighted by atomic mass is 10.1. The minimum atomic E-state index is -0.0165. The maximum atomic E-state index is 12.7. The zero-order valence-electron chi connectivity index (χ0n) is 14.3. The van der Waals surface area contributed by atoms with Gasteiger partial charge in [-0.3, -0.25) is 4.79 Å². The van der Waals surface area contributed by atoms with Crippen molar-refractivity contribution in [3.63, 3.8) is 0 Å². The maximum absolute atomic E-state index is 12.7. The normalized spacial score (nSPS) is 13.1. The Labute approximate surface area is 146 Å². The van der Waals surface area contributed by atoms with Gasteiger partial charge in [-0.1, -0.05) is 42.0 Å². The van der Waals surface area contributed by atoms with Crippen LogP contribution in [-0.2, 0) is 17.8 Å². The number of carbonyl (C=O) groups is 1. The molecule has 1 aliphatic heterocycles. The van der Waals surface area contributed by atoms with E-state index in [2.05, 4.69) is 33.6 Å². The van der Waals surface area contributed by atoms with Crippen LogP contribution >= 0.6 is 0 Å². The van der Waals surface area contributed by atoms with Crippen LogP contribution in [0.4, 0.5) is 5.69 Å². The van der Waals surface area contributed by atoms with Crippen LogP contribution in [0.15, 0.2) is 42.5 Å². The average Bonchev–Trinajstić information content (AvgIpc) is 3.22. The van der Waals surface area contributed by atoms with Crippen molar-refractivity contribution in [3.05, 3.63) is 59.2 Å². The largest absolute Gasteiger partial charge is 0.310 e. The summed E-state index contributed by atoms with van der Waals surface area (Å²) >= 11 is 0. The van der Waals surface area contributed by atoms with Crippen molar-refractivity contribution in [2.24, 2.45) is 0 Å². The SMILES string of the molecule is Cc1ccc(-c2nnn(CC(=O)N3CCc4ccc(C)cc43)n2)cc1. The highest BCUT2D eigenvalue weighted by atomic mass is 16.2. The molecule has 2 heterocycles. The predicted octanol–water partition coefficient (Wildman–Crippen LogP) is 2.55. The highest BCUT2D eigenvalue weighted by molar-refractivity contribution is 5.95. The number of carbonyl (C=O) groups excluding carboxylic acids is 1. The molecule has 0 atom stereocenters. The Hall–Kier alpha value is -3.02. The Balaban J connectivity index is 1.51. The predicted molar refractivity (Wildman–Crippen MR) is 95.2 cm³/mol. The quantitative estimate of drug-likeness (QED) is 0.739. The Morgan fingerprint density at radius 1 is 1.08 bits per heavy atom. The van der Waals surface area contributed by atoms with Crippen molar-refractivity contribution in [3.8, 4) is 11.4 Å². The topological polar surface area (TPSA) is 63.9 Å². The maximum Gasteiger partial charge on any atom is 0.250 e. The van der Waals surface area contributed by atoms with Crippen molar-refractivity contribution >= 4 is 11.6 Å². The van der Waals surface area contributed by atoms with E-state index in [1.54, 1.807) is 0 Å². The fourth-order valence-corrected chi connectivity index (χ4v) is 3.08. The second-order valence-electron chi connectivity index (χ2n) is 6.44. The number of hydrogen-bond donors (Lipinski definition) is 0. The summed E-state index contributed by atoms with van der Waals surface area (Å²) in [7, 11) is 0. The van der Waals surface area contributed by atoms with Crippen LogP contribution in [0.2, 0.25) is 0 Å². The molecule has 0 fully saturated rings. The van der Waals surface area contributed by atoms with Crippen molar-refractivity contribution in [1.82, 2.24) is 20.2 Å². The Bertz CT molecular complexity index is 929. The summed E-state index contributed by atoms with van der Waals surface area (Å²) in [6.45, 7) is 4.86. The molecule has 4 rings (SSSR count). The van der Waals surface area contributed by atoms with Crippen LogP contribution in [0.25, 0.3) is 11.4 Å². The molecule has 0 saturated heterocycles. The second kappa shape index (κ2) is 6.12. The summed E-state index contributed by atoms with van der Waals surface area (Å²) in [5.41, 5.74) is 5.44. The minimum Gasteiger partial charge on any atom is -0.310 e. The molecule has 1 aliphatic rings. The number of aromatic nitrogens is 4. The third kappa shape index (κ3) is 3.03. The van der Waals surface area contributed by atoms with Crippen molar-refractivity contribution in [2.45, 2.75) is 26.8 Å². The highest BCUT2D eigenvalue weighted by Gasteiger charge is 2.25. The van der Waals surface area contributed by atoms with Gasteiger partial charge in [0.2, 0.25) is 5.82 Å². The van der Waals surface area contributed by atoms with Gasteiger partial charge in [0.15, 0.2) is 0 Å². The number of hydrogen-bond acceptors (Lipinski definition) is 4. The molecule has 6 nitrogen and oxygen atoms in total. The molecule has 0 aliphatic carbocycles. The molecule has 3 aromatic rings. The average molecular weight is 333 g/mol. The van der Waals surface area contributed by atoms with Crippen LogP contribution < -0.4 is 4.90 Å². The lowest BCUT2D eigenvalue weighted by Gasteiger charge is -2.17. The van der Waals surface area contributed by atoms with Gasteiger partial charge in [-0.05, 0) is 42.7 Å². The van der Waals surface area contributed by atoms with E-state index in [0.717, 1.165) is 23.2 Å². The fourth-order valence-electron chi connectivity index (χ4n) is 3.08. The van der Waals surface area contributed by atoms with E-state index in [4.69, 9.17) is 0 Å². The molecule has 126 valence electrons. The van der Waals surface area contributed by atoms with Crippen LogP contribution in [0.3, 0.4) is 0 Å². The molecule has 0 radical (unpaired) electrons. The van der Waals surface area contributed by atoms with E-state index in [1.165, 1.54) is 15.9 Å². The number of fused-ring (bicyclic) bond motifs is 1. The molecule has 0 spiro atoms. The van der Waals surface area contributed by atoms with Crippen LogP contribution in [0.5, 0.6) is 0 Å². The van der Waals surface area contributed by atoms with Gasteiger partial charge in [-0.15, -0.1) is 10.2 Å². The standard InChI is InChI=1S/C19H19N5O/c1-13-3-7-16(8-4-13)19-20-22-24(21-19)12-18(25)23-10-9-15-6-5-14(2)11-17(15)23/h3-8,11H,9-10,12H2,1-2H3. The second-order valence-corrected chi connectivity index (χ2v) is 6.44. The zero-order valence-corrected chi connectivity index (χ0v) is 14.3. The van der Waals surface area contributed by atoms with E-state index >= 15 is 0 Å². The number of benzene rings is 2. The fraction of sp³-hybridized carbons (Fsp3) is 0.263. The Kier molecular flexibility index (Phi) is 3.80. The summed E-state index contributed by atoms with van der Waals surface area (Å²) < 4.78 is 0. The van der Waals surface area contributed by atoms with E-state index in [1.807, 2.05) is 43.0 Å². The first-order valence-electron chi connectivity index (χ1n) is 8.35. The highest BCUT2D eigenvalue weighted by Crippen LogP contribution is 2.29. The van der Waals surface area contributed by atoms with Gasteiger partial charge in [0.05, 0.1) is 0 Å². The zero-order chi connectivity index (χ0) is 17.4. The van der Waals surface area contributed by atoms with Crippen molar-refractivity contribution in [1.29, 1.82) is 0 Å². The first-order valence-corrected chi connectivity index (χ1v) is 8.35. The van der Waals surface area contributed by atoms with Crippen molar-refractivity contribution in [2.75, 3.05) is 11.4 Å². The molecule has 6 heteroatoms. The summed E-state index contributed by atoms with van der Waals surface area (Å²) in [5.74, 6) is 0.516. The number of aryl methyl sites for hydroxylation is 2. The van der Waals surface area contributed by atoms with Gasteiger partial charge >= 0.3 is 0 Å². The molecular formula is C19H19N5O. The van der Waals surface area contributed by atoms with Crippen molar-refractivity contribution < 1.29 is 4.79 Å². The lowest BCUT2D eigenvalue weighted by molar-refractivity contribution is -0.119. The summed E-state index contributed by atoms with van der Waals surface area (Å²) in [4.78, 5) is 15.9. The summed E-state index contributed by atoms with van der Waals surface area (Å²) in [6, 6.07) is 14.2. The first-order chi connectivity index (χ1) is 12.1. The number of tetrazole rings is 1. The van der Waals surface area contributed by atoms with Gasteiger partial charge in [0.1, 0.15) is 6.54 Å². The smallest absolute Gasteiger partial charge is 0.250 e. The molecule has 0 N–H and O–H groups in total. The van der Waals surface area contributed by atoms with Gasteiger partial charge in [-0.2, -0.15) is 4.80 Å². The molecular weight excluding hydrogens is 314 g/mol. The number of anilines is 1. The van der Waals surface area contributed by atoms with Gasteiger partial charge < -0.3 is 4.90 Å². The first kappa shape index (κ1) is 15.5. The minimum absolute atomic E-state index is 0.0165. The van der Waals surface area contributed by atoms with E-state index in [9.17, 15) is 4.79 Å². The lowest BCUT2D eigenvalue weighted by Crippen LogP contribution is -2.33. The summed E-state index contributed by atoms with van der Waals surface area (Å²) in [5, 5.41) is 12.4. The van der Waals surface area contributed by atoms with Crippen LogP contribution in [0.1, 0.15) is 16.7 Å².